The van der Waals surface area contributed by atoms with Gasteiger partial charge in [-0.2, -0.15) is 0 Å². The zero-order valence-corrected chi connectivity index (χ0v) is 7.47. The lowest BCUT2D eigenvalue weighted by Crippen LogP contribution is -1.92. The van der Waals surface area contributed by atoms with Gasteiger partial charge in [-0.25, -0.2) is 0 Å². The molecule has 4 heteroatoms. The van der Waals surface area contributed by atoms with Crippen molar-refractivity contribution < 1.29 is 19.1 Å². The molecule has 74 valence electrons. The van der Waals surface area contributed by atoms with Crippen LogP contribution in [0.25, 0.3) is 5.57 Å². The molecule has 0 saturated carbocycles. The van der Waals surface area contributed by atoms with E-state index in [1.54, 1.807) is 18.2 Å². The lowest BCUT2D eigenvalue weighted by molar-refractivity contribution is -0.136. The number of aliphatic carboxylic acids is 1. The van der Waals surface area contributed by atoms with Crippen molar-refractivity contribution in [3.63, 3.8) is 0 Å². The van der Waals surface area contributed by atoms with Crippen molar-refractivity contribution in [2.45, 2.75) is 12.8 Å². The number of aldehydes is 1. The van der Waals surface area contributed by atoms with E-state index in [0.29, 0.717) is 24.0 Å². The molecule has 4 nitrogen and oxygen atoms in total. The molecule has 0 bridgehead atoms. The first-order valence-electron chi connectivity index (χ1n) is 4.15. The third-order valence-electron chi connectivity index (χ3n) is 1.66. The summed E-state index contributed by atoms with van der Waals surface area (Å²) in [6.07, 6.45) is 4.01. The van der Waals surface area contributed by atoms with Crippen molar-refractivity contribution >= 4 is 17.8 Å². The molecule has 0 fully saturated rings. The standard InChI is InChI=1S/C10H10O4/c11-7-8(3-1-5-10(12)13)9-4-2-6-14-9/h2-4,6-7H,1,5H2,(H,12,13). The van der Waals surface area contributed by atoms with Crippen molar-refractivity contribution in [2.75, 3.05) is 0 Å². The lowest BCUT2D eigenvalue weighted by Gasteiger charge is -1.93. The smallest absolute Gasteiger partial charge is 0.303 e. The van der Waals surface area contributed by atoms with Gasteiger partial charge in [0, 0.05) is 6.42 Å². The summed E-state index contributed by atoms with van der Waals surface area (Å²) in [5, 5.41) is 8.39. The number of rotatable bonds is 5. The first kappa shape index (κ1) is 10.2. The number of carbonyl (C=O) groups excluding carboxylic acids is 1. The minimum absolute atomic E-state index is 0.0120. The van der Waals surface area contributed by atoms with Crippen LogP contribution < -0.4 is 0 Å². The Bertz CT molecular complexity index is 335. The number of hydrogen-bond donors (Lipinski definition) is 1. The topological polar surface area (TPSA) is 67.5 Å². The Morgan fingerprint density at radius 2 is 2.36 bits per heavy atom. The van der Waals surface area contributed by atoms with Gasteiger partial charge in [-0.1, -0.05) is 6.08 Å². The van der Waals surface area contributed by atoms with Crippen LogP contribution in [0.3, 0.4) is 0 Å². The summed E-state index contributed by atoms with van der Waals surface area (Å²) in [6.45, 7) is 0. The van der Waals surface area contributed by atoms with E-state index < -0.39 is 5.97 Å². The van der Waals surface area contributed by atoms with Crippen LogP contribution in [-0.2, 0) is 9.59 Å². The van der Waals surface area contributed by atoms with Gasteiger partial charge in [0.2, 0.25) is 0 Å². The molecule has 1 aromatic rings. The summed E-state index contributed by atoms with van der Waals surface area (Å²) in [4.78, 5) is 20.8. The fraction of sp³-hybridized carbons (Fsp3) is 0.200. The molecule has 0 aliphatic carbocycles. The van der Waals surface area contributed by atoms with Crippen LogP contribution in [0.4, 0.5) is 0 Å². The van der Waals surface area contributed by atoms with E-state index in [2.05, 4.69) is 0 Å². The molecule has 0 saturated heterocycles. The molecular formula is C10H10O4. The number of hydrogen-bond acceptors (Lipinski definition) is 3. The highest BCUT2D eigenvalue weighted by Crippen LogP contribution is 2.13. The number of carboxylic acids is 1. The molecule has 0 atom stereocenters. The van der Waals surface area contributed by atoms with Crippen LogP contribution in [-0.4, -0.2) is 17.4 Å². The van der Waals surface area contributed by atoms with E-state index in [4.69, 9.17) is 9.52 Å². The Kier molecular flexibility index (Phi) is 3.67. The molecule has 1 N–H and O–H groups in total. The normalized spacial score (nSPS) is 11.3. The highest BCUT2D eigenvalue weighted by atomic mass is 16.4. The number of allylic oxidation sites excluding steroid dienone is 2. The summed E-state index contributed by atoms with van der Waals surface area (Å²) in [5.41, 5.74) is 0.385. The average Bonchev–Trinajstić information content (AvgIpc) is 2.64. The van der Waals surface area contributed by atoms with Crippen molar-refractivity contribution in [3.05, 3.63) is 30.2 Å². The minimum Gasteiger partial charge on any atom is -0.481 e. The largest absolute Gasteiger partial charge is 0.481 e. The van der Waals surface area contributed by atoms with Crippen LogP contribution in [0.5, 0.6) is 0 Å². The van der Waals surface area contributed by atoms with E-state index >= 15 is 0 Å². The Balaban J connectivity index is 2.63. The lowest BCUT2D eigenvalue weighted by atomic mass is 10.1. The zero-order valence-electron chi connectivity index (χ0n) is 7.47. The summed E-state index contributed by atoms with van der Waals surface area (Å²) in [6, 6.07) is 3.32. The van der Waals surface area contributed by atoms with Crippen molar-refractivity contribution in [1.82, 2.24) is 0 Å². The maximum Gasteiger partial charge on any atom is 0.303 e. The highest BCUT2D eigenvalue weighted by molar-refractivity contribution is 6.05. The number of carboxylic acid groups (broad SMARTS) is 1. The quantitative estimate of drug-likeness (QED) is 0.572. The molecule has 0 amide bonds. The van der Waals surface area contributed by atoms with Crippen LogP contribution in [0.15, 0.2) is 28.9 Å². The number of furan rings is 1. The molecule has 0 aliphatic rings. The van der Waals surface area contributed by atoms with Crippen molar-refractivity contribution in [3.8, 4) is 0 Å². The van der Waals surface area contributed by atoms with Crippen LogP contribution >= 0.6 is 0 Å². The van der Waals surface area contributed by atoms with Gasteiger partial charge in [0.25, 0.3) is 0 Å². The molecule has 0 spiro atoms. The fourth-order valence-corrected chi connectivity index (χ4v) is 1.00. The molecule has 1 aromatic heterocycles. The maximum absolute atomic E-state index is 10.6. The predicted molar refractivity (Wildman–Crippen MR) is 49.6 cm³/mol. The summed E-state index contributed by atoms with van der Waals surface area (Å²) in [7, 11) is 0. The summed E-state index contributed by atoms with van der Waals surface area (Å²) in [5.74, 6) is -0.420. The Labute approximate surface area is 80.8 Å². The molecule has 1 heterocycles. The molecular weight excluding hydrogens is 184 g/mol. The van der Waals surface area contributed by atoms with Crippen LogP contribution in [0.1, 0.15) is 18.6 Å². The average molecular weight is 194 g/mol. The number of carbonyl (C=O) groups is 2. The maximum atomic E-state index is 10.6. The van der Waals surface area contributed by atoms with Gasteiger partial charge < -0.3 is 9.52 Å². The second-order valence-corrected chi connectivity index (χ2v) is 2.69. The van der Waals surface area contributed by atoms with Gasteiger partial charge in [0.05, 0.1) is 11.8 Å². The third kappa shape index (κ3) is 2.90. The first-order valence-corrected chi connectivity index (χ1v) is 4.15. The van der Waals surface area contributed by atoms with E-state index in [9.17, 15) is 9.59 Å². The molecule has 0 unspecified atom stereocenters. The fourth-order valence-electron chi connectivity index (χ4n) is 1.00. The first-order chi connectivity index (χ1) is 6.74. The Morgan fingerprint density at radius 3 is 2.86 bits per heavy atom. The van der Waals surface area contributed by atoms with Crippen LogP contribution in [0.2, 0.25) is 0 Å². The van der Waals surface area contributed by atoms with Gasteiger partial charge in [-0.15, -0.1) is 0 Å². The third-order valence-corrected chi connectivity index (χ3v) is 1.66. The summed E-state index contributed by atoms with van der Waals surface area (Å²) < 4.78 is 5.00. The molecule has 0 radical (unpaired) electrons. The van der Waals surface area contributed by atoms with Gasteiger partial charge in [-0.05, 0) is 18.6 Å². The van der Waals surface area contributed by atoms with Gasteiger partial charge >= 0.3 is 5.97 Å². The Hall–Kier alpha value is -1.84. The zero-order chi connectivity index (χ0) is 10.4. The van der Waals surface area contributed by atoms with Crippen molar-refractivity contribution in [1.29, 1.82) is 0 Å². The second kappa shape index (κ2) is 5.01. The minimum atomic E-state index is -0.883. The monoisotopic (exact) mass is 194 g/mol. The second-order valence-electron chi connectivity index (χ2n) is 2.69. The van der Waals surface area contributed by atoms with Gasteiger partial charge in [0.1, 0.15) is 5.76 Å². The van der Waals surface area contributed by atoms with E-state index in [1.165, 1.54) is 6.26 Å². The molecule has 0 aromatic carbocycles. The Morgan fingerprint density at radius 1 is 1.57 bits per heavy atom. The van der Waals surface area contributed by atoms with E-state index in [-0.39, 0.29) is 6.42 Å². The van der Waals surface area contributed by atoms with Crippen molar-refractivity contribution in [2.24, 2.45) is 0 Å². The highest BCUT2D eigenvalue weighted by Gasteiger charge is 2.02. The summed E-state index contributed by atoms with van der Waals surface area (Å²) >= 11 is 0. The molecule has 14 heavy (non-hydrogen) atoms. The van der Waals surface area contributed by atoms with Gasteiger partial charge in [-0.3, -0.25) is 9.59 Å². The molecule has 1 rings (SSSR count). The SMILES string of the molecule is O=CC(=CCCC(=O)O)c1ccco1. The molecule has 0 aliphatic heterocycles. The van der Waals surface area contributed by atoms with E-state index in [0.717, 1.165) is 0 Å². The predicted octanol–water partition coefficient (Wildman–Crippen LogP) is 1.73. The van der Waals surface area contributed by atoms with Gasteiger partial charge in [0.15, 0.2) is 6.29 Å². The van der Waals surface area contributed by atoms with Crippen LogP contribution in [0, 0.1) is 0 Å². The van der Waals surface area contributed by atoms with E-state index in [1.807, 2.05) is 0 Å².